The fourth-order valence-corrected chi connectivity index (χ4v) is 3.15. The standard InChI is InChI=1S/C15H21N3O2S/c1-9-11(6-14(19)20)10(2)18(17-9)7-13-16-12(8-21-13)15(3,4)5/h8H,6-7H2,1-5H3,(H,19,20). The number of nitrogens with zero attached hydrogens (tertiary/aromatic N) is 3. The molecule has 0 bridgehead atoms. The van der Waals surface area contributed by atoms with Crippen LogP contribution in [0.2, 0.25) is 0 Å². The van der Waals surface area contributed by atoms with Crippen molar-refractivity contribution in [2.45, 2.75) is 53.0 Å². The molecular formula is C15H21N3O2S. The minimum atomic E-state index is -0.829. The number of hydrogen-bond donors (Lipinski definition) is 1. The van der Waals surface area contributed by atoms with Crippen molar-refractivity contribution in [2.75, 3.05) is 0 Å². The fraction of sp³-hybridized carbons (Fsp3) is 0.533. The molecule has 2 heterocycles. The van der Waals surface area contributed by atoms with E-state index in [1.54, 1.807) is 11.3 Å². The molecule has 1 N–H and O–H groups in total. The van der Waals surface area contributed by atoms with Crippen LogP contribution >= 0.6 is 11.3 Å². The van der Waals surface area contributed by atoms with Crippen LogP contribution in [0.15, 0.2) is 5.38 Å². The molecule has 21 heavy (non-hydrogen) atoms. The molecule has 0 aliphatic carbocycles. The number of aromatic nitrogens is 3. The molecule has 0 saturated carbocycles. The van der Waals surface area contributed by atoms with Crippen LogP contribution in [-0.2, 0) is 23.2 Å². The minimum Gasteiger partial charge on any atom is -0.481 e. The second-order valence-electron chi connectivity index (χ2n) is 6.25. The second kappa shape index (κ2) is 5.60. The number of aryl methyl sites for hydroxylation is 1. The molecule has 2 aromatic heterocycles. The first kappa shape index (κ1) is 15.7. The highest BCUT2D eigenvalue weighted by molar-refractivity contribution is 7.09. The Kier molecular flexibility index (Phi) is 4.18. The first-order valence-corrected chi connectivity index (χ1v) is 7.76. The largest absolute Gasteiger partial charge is 0.481 e. The highest BCUT2D eigenvalue weighted by Gasteiger charge is 2.19. The van der Waals surface area contributed by atoms with Gasteiger partial charge < -0.3 is 5.11 Å². The molecule has 6 heteroatoms. The summed E-state index contributed by atoms with van der Waals surface area (Å²) in [4.78, 5) is 15.6. The van der Waals surface area contributed by atoms with Crippen molar-refractivity contribution in [3.8, 4) is 0 Å². The summed E-state index contributed by atoms with van der Waals surface area (Å²) in [6, 6.07) is 0. The van der Waals surface area contributed by atoms with Crippen molar-refractivity contribution >= 4 is 17.3 Å². The molecule has 114 valence electrons. The average Bonchev–Trinajstić information content (AvgIpc) is 2.90. The second-order valence-corrected chi connectivity index (χ2v) is 7.20. The van der Waals surface area contributed by atoms with Gasteiger partial charge in [-0.05, 0) is 13.8 Å². The van der Waals surface area contributed by atoms with Crippen LogP contribution in [0.5, 0.6) is 0 Å². The number of carboxylic acid groups (broad SMARTS) is 1. The molecule has 0 aliphatic heterocycles. The van der Waals surface area contributed by atoms with Crippen LogP contribution in [0.25, 0.3) is 0 Å². The van der Waals surface area contributed by atoms with E-state index in [9.17, 15) is 4.79 Å². The lowest BCUT2D eigenvalue weighted by Gasteiger charge is -2.14. The van der Waals surface area contributed by atoms with Gasteiger partial charge in [-0.2, -0.15) is 5.10 Å². The highest BCUT2D eigenvalue weighted by Crippen LogP contribution is 2.25. The lowest BCUT2D eigenvalue weighted by Crippen LogP contribution is -2.12. The first-order chi connectivity index (χ1) is 9.68. The Morgan fingerprint density at radius 1 is 1.38 bits per heavy atom. The van der Waals surface area contributed by atoms with Crippen molar-refractivity contribution in [1.29, 1.82) is 0 Å². The van der Waals surface area contributed by atoms with Crippen LogP contribution in [0, 0.1) is 13.8 Å². The zero-order valence-electron chi connectivity index (χ0n) is 13.1. The van der Waals surface area contributed by atoms with E-state index >= 15 is 0 Å². The number of hydrogen-bond acceptors (Lipinski definition) is 4. The predicted molar refractivity (Wildman–Crippen MR) is 83.0 cm³/mol. The van der Waals surface area contributed by atoms with Gasteiger partial charge in [-0.15, -0.1) is 11.3 Å². The maximum Gasteiger partial charge on any atom is 0.307 e. The number of thiazole rings is 1. The number of carboxylic acids is 1. The molecule has 0 unspecified atom stereocenters. The Balaban J connectivity index is 2.24. The minimum absolute atomic E-state index is 0.0166. The van der Waals surface area contributed by atoms with Gasteiger partial charge in [-0.3, -0.25) is 9.48 Å². The highest BCUT2D eigenvalue weighted by atomic mass is 32.1. The molecule has 0 radical (unpaired) electrons. The third-order valence-corrected chi connectivity index (χ3v) is 4.30. The first-order valence-electron chi connectivity index (χ1n) is 6.88. The van der Waals surface area contributed by atoms with Gasteiger partial charge in [0.15, 0.2) is 0 Å². The third-order valence-electron chi connectivity index (χ3n) is 3.46. The SMILES string of the molecule is Cc1nn(Cc2nc(C(C)(C)C)cs2)c(C)c1CC(=O)O. The van der Waals surface area contributed by atoms with Gasteiger partial charge in [0.2, 0.25) is 0 Å². The predicted octanol–water partition coefficient (Wildman–Crippen LogP) is 2.93. The van der Waals surface area contributed by atoms with Crippen molar-refractivity contribution in [2.24, 2.45) is 0 Å². The molecule has 0 saturated heterocycles. The monoisotopic (exact) mass is 307 g/mol. The average molecular weight is 307 g/mol. The number of rotatable bonds is 4. The van der Waals surface area contributed by atoms with Gasteiger partial charge in [0, 0.05) is 22.1 Å². The van der Waals surface area contributed by atoms with Gasteiger partial charge in [-0.25, -0.2) is 4.98 Å². The zero-order chi connectivity index (χ0) is 15.8. The topological polar surface area (TPSA) is 68.0 Å². The molecule has 0 spiro atoms. The third kappa shape index (κ3) is 3.50. The van der Waals surface area contributed by atoms with E-state index in [1.165, 1.54) is 0 Å². The van der Waals surface area contributed by atoms with Crippen LogP contribution in [0.4, 0.5) is 0 Å². The fourth-order valence-electron chi connectivity index (χ4n) is 2.15. The summed E-state index contributed by atoms with van der Waals surface area (Å²) in [6.07, 6.45) is 0.0166. The molecular weight excluding hydrogens is 286 g/mol. The maximum absolute atomic E-state index is 10.9. The summed E-state index contributed by atoms with van der Waals surface area (Å²) in [5.41, 5.74) is 3.60. The van der Waals surface area contributed by atoms with Gasteiger partial charge >= 0.3 is 5.97 Å². The van der Waals surface area contributed by atoms with E-state index in [4.69, 9.17) is 5.11 Å². The van der Waals surface area contributed by atoms with Crippen LogP contribution < -0.4 is 0 Å². The Morgan fingerprint density at radius 3 is 2.57 bits per heavy atom. The quantitative estimate of drug-likeness (QED) is 0.943. The van der Waals surface area contributed by atoms with E-state index in [1.807, 2.05) is 18.5 Å². The Hall–Kier alpha value is -1.69. The molecule has 0 atom stereocenters. The molecule has 2 rings (SSSR count). The summed E-state index contributed by atoms with van der Waals surface area (Å²) in [5, 5.41) is 16.5. The zero-order valence-corrected chi connectivity index (χ0v) is 13.9. The molecule has 2 aromatic rings. The Bertz CT molecular complexity index is 665. The Labute approximate surface area is 128 Å². The normalized spacial score (nSPS) is 11.9. The van der Waals surface area contributed by atoms with E-state index in [0.29, 0.717) is 6.54 Å². The Morgan fingerprint density at radius 2 is 2.05 bits per heavy atom. The summed E-state index contributed by atoms with van der Waals surface area (Å²) < 4.78 is 1.85. The van der Waals surface area contributed by atoms with Gasteiger partial charge in [0.05, 0.1) is 24.4 Å². The van der Waals surface area contributed by atoms with Crippen LogP contribution in [0.1, 0.15) is 48.4 Å². The smallest absolute Gasteiger partial charge is 0.307 e. The number of aliphatic carboxylic acids is 1. The maximum atomic E-state index is 10.9. The molecule has 0 aromatic carbocycles. The van der Waals surface area contributed by atoms with Crippen molar-refractivity contribution < 1.29 is 9.90 Å². The lowest BCUT2D eigenvalue weighted by atomic mass is 9.93. The summed E-state index contributed by atoms with van der Waals surface area (Å²) >= 11 is 1.62. The summed E-state index contributed by atoms with van der Waals surface area (Å²) in [5.74, 6) is -0.829. The van der Waals surface area contributed by atoms with Gasteiger partial charge in [0.1, 0.15) is 5.01 Å². The molecule has 5 nitrogen and oxygen atoms in total. The van der Waals surface area contributed by atoms with Crippen molar-refractivity contribution in [3.63, 3.8) is 0 Å². The van der Waals surface area contributed by atoms with E-state index < -0.39 is 5.97 Å². The summed E-state index contributed by atoms with van der Waals surface area (Å²) in [7, 11) is 0. The van der Waals surface area contributed by atoms with Crippen LogP contribution in [-0.4, -0.2) is 25.8 Å². The van der Waals surface area contributed by atoms with E-state index in [2.05, 4.69) is 36.2 Å². The van der Waals surface area contributed by atoms with Gasteiger partial charge in [-0.1, -0.05) is 20.8 Å². The number of carbonyl (C=O) groups is 1. The van der Waals surface area contributed by atoms with E-state index in [-0.39, 0.29) is 11.8 Å². The molecule has 0 fully saturated rings. The lowest BCUT2D eigenvalue weighted by molar-refractivity contribution is -0.136. The molecule has 0 aliphatic rings. The van der Waals surface area contributed by atoms with Crippen molar-refractivity contribution in [3.05, 3.63) is 33.0 Å². The van der Waals surface area contributed by atoms with Crippen molar-refractivity contribution in [1.82, 2.24) is 14.8 Å². The van der Waals surface area contributed by atoms with Gasteiger partial charge in [0.25, 0.3) is 0 Å². The van der Waals surface area contributed by atoms with Crippen LogP contribution in [0.3, 0.4) is 0 Å². The van der Waals surface area contributed by atoms with E-state index in [0.717, 1.165) is 27.7 Å². The molecule has 0 amide bonds. The summed E-state index contributed by atoms with van der Waals surface area (Å²) in [6.45, 7) is 10.8.